The van der Waals surface area contributed by atoms with Gasteiger partial charge in [-0.15, -0.1) is 0 Å². The van der Waals surface area contributed by atoms with Gasteiger partial charge in [-0.2, -0.15) is 8.78 Å². The summed E-state index contributed by atoms with van der Waals surface area (Å²) in [5.41, 5.74) is 0.188. The highest BCUT2D eigenvalue weighted by Gasteiger charge is 2.37. The standard InChI is InChI=1S/C16H20F2O/c1-2-3-4-5-6-10-13-16(17,18)15(19)14-11-8-7-9-12-14/h7-9,11-12,15,19H,2-6H2,1H3. The highest BCUT2D eigenvalue weighted by atomic mass is 19.3. The summed E-state index contributed by atoms with van der Waals surface area (Å²) in [6.07, 6.45) is 2.64. The first kappa shape index (κ1) is 15.7. The van der Waals surface area contributed by atoms with E-state index in [1.807, 2.05) is 5.92 Å². The van der Waals surface area contributed by atoms with Crippen LogP contribution in [0.2, 0.25) is 0 Å². The van der Waals surface area contributed by atoms with Gasteiger partial charge in [0.25, 0.3) is 0 Å². The van der Waals surface area contributed by atoms with Crippen molar-refractivity contribution in [1.82, 2.24) is 0 Å². The summed E-state index contributed by atoms with van der Waals surface area (Å²) < 4.78 is 27.3. The summed E-state index contributed by atoms with van der Waals surface area (Å²) in [4.78, 5) is 0. The Labute approximate surface area is 113 Å². The van der Waals surface area contributed by atoms with Gasteiger partial charge in [-0.3, -0.25) is 0 Å². The minimum absolute atomic E-state index is 0.188. The maximum Gasteiger partial charge on any atom is 0.337 e. The summed E-state index contributed by atoms with van der Waals surface area (Å²) in [6.45, 7) is 2.09. The van der Waals surface area contributed by atoms with Crippen LogP contribution in [0.15, 0.2) is 30.3 Å². The molecular weight excluding hydrogens is 246 g/mol. The number of aliphatic hydroxyl groups excluding tert-OH is 1. The van der Waals surface area contributed by atoms with E-state index in [1.54, 1.807) is 18.2 Å². The molecule has 0 saturated heterocycles. The molecule has 1 aromatic carbocycles. The van der Waals surface area contributed by atoms with Crippen molar-refractivity contribution >= 4 is 0 Å². The molecule has 0 spiro atoms. The fourth-order valence-electron chi connectivity index (χ4n) is 1.73. The summed E-state index contributed by atoms with van der Waals surface area (Å²) in [7, 11) is 0. The zero-order valence-corrected chi connectivity index (χ0v) is 11.2. The van der Waals surface area contributed by atoms with Crippen LogP contribution in [-0.4, -0.2) is 11.0 Å². The Hall–Kier alpha value is -1.40. The predicted octanol–water partition coefficient (Wildman–Crippen LogP) is 4.33. The van der Waals surface area contributed by atoms with Gasteiger partial charge in [0.05, 0.1) is 0 Å². The molecule has 1 aromatic rings. The van der Waals surface area contributed by atoms with Gasteiger partial charge in [0.2, 0.25) is 0 Å². The number of rotatable bonds is 6. The van der Waals surface area contributed by atoms with Crippen LogP contribution in [0.5, 0.6) is 0 Å². The first-order chi connectivity index (χ1) is 9.08. The molecule has 0 saturated carbocycles. The van der Waals surface area contributed by atoms with Crippen molar-refractivity contribution in [3.8, 4) is 11.8 Å². The van der Waals surface area contributed by atoms with E-state index in [4.69, 9.17) is 0 Å². The molecule has 104 valence electrons. The van der Waals surface area contributed by atoms with Gasteiger partial charge in [-0.05, 0) is 17.9 Å². The average molecular weight is 266 g/mol. The third-order valence-electron chi connectivity index (χ3n) is 2.87. The van der Waals surface area contributed by atoms with Crippen LogP contribution in [-0.2, 0) is 0 Å². The quantitative estimate of drug-likeness (QED) is 0.600. The van der Waals surface area contributed by atoms with Crippen molar-refractivity contribution in [2.24, 2.45) is 0 Å². The monoisotopic (exact) mass is 266 g/mol. The smallest absolute Gasteiger partial charge is 0.337 e. The van der Waals surface area contributed by atoms with Crippen LogP contribution in [0.3, 0.4) is 0 Å². The van der Waals surface area contributed by atoms with Gasteiger partial charge in [-0.25, -0.2) is 0 Å². The molecule has 0 heterocycles. The largest absolute Gasteiger partial charge is 0.381 e. The molecule has 0 aliphatic rings. The summed E-state index contributed by atoms with van der Waals surface area (Å²) in [6, 6.07) is 7.90. The molecule has 1 rings (SSSR count). The molecule has 1 unspecified atom stereocenters. The lowest BCUT2D eigenvalue weighted by Gasteiger charge is -2.17. The summed E-state index contributed by atoms with van der Waals surface area (Å²) >= 11 is 0. The Morgan fingerprint density at radius 2 is 1.84 bits per heavy atom. The van der Waals surface area contributed by atoms with E-state index in [1.165, 1.54) is 12.1 Å². The number of unbranched alkanes of at least 4 members (excludes halogenated alkanes) is 4. The second kappa shape index (κ2) is 7.91. The first-order valence-corrected chi connectivity index (χ1v) is 6.68. The van der Waals surface area contributed by atoms with Crippen LogP contribution < -0.4 is 0 Å². The molecule has 0 bridgehead atoms. The Morgan fingerprint density at radius 1 is 1.16 bits per heavy atom. The molecule has 3 heteroatoms. The highest BCUT2D eigenvalue weighted by Crippen LogP contribution is 2.30. The number of aliphatic hydroxyl groups is 1. The fraction of sp³-hybridized carbons (Fsp3) is 0.500. The second-order valence-electron chi connectivity index (χ2n) is 4.55. The third-order valence-corrected chi connectivity index (χ3v) is 2.87. The third kappa shape index (κ3) is 5.40. The lowest BCUT2D eigenvalue weighted by atomic mass is 10.0. The van der Waals surface area contributed by atoms with Gasteiger partial charge in [0, 0.05) is 6.42 Å². The van der Waals surface area contributed by atoms with E-state index in [0.717, 1.165) is 25.7 Å². The Morgan fingerprint density at radius 3 is 2.47 bits per heavy atom. The fourth-order valence-corrected chi connectivity index (χ4v) is 1.73. The van der Waals surface area contributed by atoms with E-state index < -0.39 is 12.0 Å². The van der Waals surface area contributed by atoms with Gasteiger partial charge >= 0.3 is 5.92 Å². The van der Waals surface area contributed by atoms with Crippen molar-refractivity contribution in [3.63, 3.8) is 0 Å². The van der Waals surface area contributed by atoms with E-state index in [9.17, 15) is 13.9 Å². The van der Waals surface area contributed by atoms with Gasteiger partial charge in [0.1, 0.15) is 0 Å². The summed E-state index contributed by atoms with van der Waals surface area (Å²) in [5, 5.41) is 9.64. The first-order valence-electron chi connectivity index (χ1n) is 6.68. The molecule has 1 atom stereocenters. The normalized spacial score (nSPS) is 12.6. The SMILES string of the molecule is CCCCCCC#CC(F)(F)C(O)c1ccccc1. The zero-order valence-electron chi connectivity index (χ0n) is 11.2. The molecule has 19 heavy (non-hydrogen) atoms. The Kier molecular flexibility index (Phi) is 6.52. The number of alkyl halides is 2. The molecule has 0 radical (unpaired) electrons. The predicted molar refractivity (Wildman–Crippen MR) is 72.9 cm³/mol. The molecule has 0 aromatic heterocycles. The van der Waals surface area contributed by atoms with Crippen molar-refractivity contribution in [2.75, 3.05) is 0 Å². The van der Waals surface area contributed by atoms with Gasteiger partial charge in [0.15, 0.2) is 6.10 Å². The zero-order chi connectivity index (χ0) is 14.1. The Bertz CT molecular complexity index is 417. The van der Waals surface area contributed by atoms with Gasteiger partial charge in [-0.1, -0.05) is 62.4 Å². The lowest BCUT2D eigenvalue weighted by Crippen LogP contribution is -2.24. The van der Waals surface area contributed by atoms with Crippen molar-refractivity contribution in [2.45, 2.75) is 51.1 Å². The van der Waals surface area contributed by atoms with E-state index in [-0.39, 0.29) is 5.56 Å². The van der Waals surface area contributed by atoms with Crippen LogP contribution in [0, 0.1) is 11.8 Å². The van der Waals surface area contributed by atoms with E-state index in [2.05, 4.69) is 12.8 Å². The average Bonchev–Trinajstić information content (AvgIpc) is 2.43. The molecule has 0 aliphatic carbocycles. The van der Waals surface area contributed by atoms with Gasteiger partial charge < -0.3 is 5.11 Å². The van der Waals surface area contributed by atoms with Crippen LogP contribution >= 0.6 is 0 Å². The molecule has 1 nitrogen and oxygen atoms in total. The van der Waals surface area contributed by atoms with Crippen LogP contribution in [0.25, 0.3) is 0 Å². The van der Waals surface area contributed by atoms with Crippen molar-refractivity contribution in [3.05, 3.63) is 35.9 Å². The second-order valence-corrected chi connectivity index (χ2v) is 4.55. The van der Waals surface area contributed by atoms with E-state index >= 15 is 0 Å². The van der Waals surface area contributed by atoms with Crippen LogP contribution in [0.4, 0.5) is 8.78 Å². The molecule has 1 N–H and O–H groups in total. The number of benzene rings is 1. The maximum absolute atomic E-state index is 13.7. The number of hydrogen-bond donors (Lipinski definition) is 1. The minimum Gasteiger partial charge on any atom is -0.381 e. The summed E-state index contributed by atoms with van der Waals surface area (Å²) in [5.74, 6) is 0.979. The van der Waals surface area contributed by atoms with Crippen molar-refractivity contribution < 1.29 is 13.9 Å². The van der Waals surface area contributed by atoms with Crippen LogP contribution in [0.1, 0.15) is 50.7 Å². The minimum atomic E-state index is -3.40. The maximum atomic E-state index is 13.7. The van der Waals surface area contributed by atoms with Crippen molar-refractivity contribution in [1.29, 1.82) is 0 Å². The topological polar surface area (TPSA) is 20.2 Å². The molecule has 0 amide bonds. The lowest BCUT2D eigenvalue weighted by molar-refractivity contribution is -0.0636. The number of hydrogen-bond acceptors (Lipinski definition) is 1. The molecule has 0 fully saturated rings. The molecular formula is C16H20F2O. The number of halogens is 2. The Balaban J connectivity index is 2.53. The highest BCUT2D eigenvalue weighted by molar-refractivity contribution is 5.24. The molecule has 0 aliphatic heterocycles. The van der Waals surface area contributed by atoms with E-state index in [0.29, 0.717) is 6.42 Å².